The van der Waals surface area contributed by atoms with Crippen LogP contribution in [0, 0.1) is 6.92 Å². The number of aryl methyl sites for hydroxylation is 1. The zero-order valence-electron chi connectivity index (χ0n) is 15.8. The number of nitrogens with one attached hydrogen (secondary N) is 2. The number of halogens is 1. The molecule has 1 amide bonds. The maximum Gasteiger partial charge on any atom is 0.280 e. The van der Waals surface area contributed by atoms with Crippen LogP contribution >= 0.6 is 15.9 Å². The van der Waals surface area contributed by atoms with E-state index in [9.17, 15) is 9.59 Å². The monoisotopic (exact) mass is 458 g/mol. The number of rotatable bonds is 7. The fourth-order valence-corrected chi connectivity index (χ4v) is 3.01. The Hall–Kier alpha value is -3.33. The topological polar surface area (TPSA) is 97.7 Å². The van der Waals surface area contributed by atoms with Gasteiger partial charge >= 0.3 is 0 Å². The molecule has 0 spiro atoms. The summed E-state index contributed by atoms with van der Waals surface area (Å²) in [4.78, 5) is 24.5. The van der Waals surface area contributed by atoms with Crippen LogP contribution in [0.15, 0.2) is 62.9 Å². The molecule has 0 saturated carbocycles. The summed E-state index contributed by atoms with van der Waals surface area (Å²) < 4.78 is 12.6. The molecule has 8 nitrogen and oxygen atoms in total. The van der Waals surface area contributed by atoms with Crippen molar-refractivity contribution in [2.75, 3.05) is 13.7 Å². The van der Waals surface area contributed by atoms with Crippen molar-refractivity contribution >= 4 is 28.1 Å². The first kappa shape index (κ1) is 20.4. The van der Waals surface area contributed by atoms with Gasteiger partial charge in [-0.3, -0.25) is 14.7 Å². The molecule has 0 aliphatic heterocycles. The molecular weight excluding hydrogens is 440 g/mol. The predicted molar refractivity (Wildman–Crippen MR) is 113 cm³/mol. The van der Waals surface area contributed by atoms with Crippen molar-refractivity contribution in [1.82, 2.24) is 15.2 Å². The van der Waals surface area contributed by atoms with Gasteiger partial charge in [0.2, 0.25) is 0 Å². The Kier molecular flexibility index (Phi) is 6.50. The van der Waals surface area contributed by atoms with Gasteiger partial charge in [-0.05, 0) is 53.2 Å². The van der Waals surface area contributed by atoms with Gasteiger partial charge in [0.1, 0.15) is 11.5 Å². The first-order valence-electron chi connectivity index (χ1n) is 8.65. The van der Waals surface area contributed by atoms with E-state index in [4.69, 9.17) is 9.47 Å². The molecular formula is C20H19BrN4O4. The number of hydrogen-bond acceptors (Lipinski definition) is 5. The first-order valence-corrected chi connectivity index (χ1v) is 9.44. The third-order valence-electron chi connectivity index (χ3n) is 4.01. The zero-order valence-corrected chi connectivity index (χ0v) is 17.4. The van der Waals surface area contributed by atoms with Gasteiger partial charge in [-0.25, -0.2) is 10.1 Å². The van der Waals surface area contributed by atoms with Crippen LogP contribution in [0.25, 0.3) is 5.69 Å². The van der Waals surface area contributed by atoms with Crippen LogP contribution in [0.2, 0.25) is 0 Å². The fraction of sp³-hybridized carbons (Fsp3) is 0.150. The highest BCUT2D eigenvalue weighted by molar-refractivity contribution is 9.10. The van der Waals surface area contributed by atoms with Gasteiger partial charge in [-0.2, -0.15) is 5.10 Å². The number of hydrazone groups is 1. The molecule has 29 heavy (non-hydrogen) atoms. The van der Waals surface area contributed by atoms with E-state index < -0.39 is 5.91 Å². The van der Waals surface area contributed by atoms with Crippen molar-refractivity contribution in [3.8, 4) is 17.2 Å². The number of aromatic nitrogens is 2. The number of ether oxygens (including phenoxy) is 2. The third-order valence-corrected chi connectivity index (χ3v) is 4.63. The van der Waals surface area contributed by atoms with Crippen LogP contribution in [-0.2, 0) is 4.79 Å². The molecule has 1 heterocycles. The molecule has 0 radical (unpaired) electrons. The first-order chi connectivity index (χ1) is 14.0. The average molecular weight is 459 g/mol. The standard InChI is InChI=1S/C20H19BrN4O4/c1-13-16(20(27)25(24-13)14-6-4-3-5-7-14)11-22-23-19(26)12-29-18-9-8-15(28-2)10-17(18)21/h3-11,24H,12H2,1-2H3,(H,23,26). The Labute approximate surface area is 175 Å². The van der Waals surface area contributed by atoms with Crippen molar-refractivity contribution in [2.45, 2.75) is 6.92 Å². The summed E-state index contributed by atoms with van der Waals surface area (Å²) in [6, 6.07) is 14.3. The fourth-order valence-electron chi connectivity index (χ4n) is 2.54. The highest BCUT2D eigenvalue weighted by Crippen LogP contribution is 2.28. The van der Waals surface area contributed by atoms with Gasteiger partial charge in [-0.15, -0.1) is 0 Å². The van der Waals surface area contributed by atoms with Gasteiger partial charge < -0.3 is 9.47 Å². The molecule has 1 aromatic heterocycles. The summed E-state index contributed by atoms with van der Waals surface area (Å²) in [5.74, 6) is 0.707. The molecule has 150 valence electrons. The number of carbonyl (C=O) groups excluding carboxylic acids is 1. The molecule has 0 unspecified atom stereocenters. The van der Waals surface area contributed by atoms with Crippen LogP contribution < -0.4 is 20.5 Å². The molecule has 0 fully saturated rings. The summed E-state index contributed by atoms with van der Waals surface area (Å²) in [6.07, 6.45) is 1.31. The van der Waals surface area contributed by atoms with Crippen LogP contribution in [0.5, 0.6) is 11.5 Å². The van der Waals surface area contributed by atoms with E-state index in [1.807, 2.05) is 30.3 Å². The molecule has 0 aliphatic carbocycles. The predicted octanol–water partition coefficient (Wildman–Crippen LogP) is 2.77. The minimum absolute atomic E-state index is 0.233. The smallest absolute Gasteiger partial charge is 0.280 e. The summed E-state index contributed by atoms with van der Waals surface area (Å²) in [6.45, 7) is 1.52. The lowest BCUT2D eigenvalue weighted by atomic mass is 10.3. The van der Waals surface area contributed by atoms with E-state index in [2.05, 4.69) is 31.6 Å². The Morgan fingerprint density at radius 3 is 2.72 bits per heavy atom. The van der Waals surface area contributed by atoms with Gasteiger partial charge in [0.15, 0.2) is 6.61 Å². The average Bonchev–Trinajstić information content (AvgIpc) is 3.01. The summed E-state index contributed by atoms with van der Waals surface area (Å²) in [5.41, 5.74) is 3.79. The van der Waals surface area contributed by atoms with Crippen molar-refractivity contribution < 1.29 is 14.3 Å². The minimum atomic E-state index is -0.458. The maximum atomic E-state index is 12.6. The number of carbonyl (C=O) groups is 1. The largest absolute Gasteiger partial charge is 0.497 e. The van der Waals surface area contributed by atoms with E-state index in [0.717, 1.165) is 0 Å². The highest BCUT2D eigenvalue weighted by Gasteiger charge is 2.11. The number of benzene rings is 2. The van der Waals surface area contributed by atoms with E-state index >= 15 is 0 Å². The van der Waals surface area contributed by atoms with Crippen molar-refractivity contribution in [2.24, 2.45) is 5.10 Å². The molecule has 3 rings (SSSR count). The number of methoxy groups -OCH3 is 1. The molecule has 2 aromatic carbocycles. The second-order valence-electron chi connectivity index (χ2n) is 6.00. The lowest BCUT2D eigenvalue weighted by Crippen LogP contribution is -2.25. The normalized spacial score (nSPS) is 10.9. The molecule has 3 aromatic rings. The van der Waals surface area contributed by atoms with Crippen LogP contribution in [0.3, 0.4) is 0 Å². The summed E-state index contributed by atoms with van der Waals surface area (Å²) >= 11 is 3.35. The highest BCUT2D eigenvalue weighted by atomic mass is 79.9. The Morgan fingerprint density at radius 2 is 2.03 bits per heavy atom. The SMILES string of the molecule is COc1ccc(OCC(=O)NN=Cc2c(C)[nH]n(-c3ccccc3)c2=O)c(Br)c1. The van der Waals surface area contributed by atoms with Crippen LogP contribution in [0.4, 0.5) is 0 Å². The van der Waals surface area contributed by atoms with Gasteiger partial charge in [-0.1, -0.05) is 18.2 Å². The van der Waals surface area contributed by atoms with E-state index in [1.165, 1.54) is 10.9 Å². The van der Waals surface area contributed by atoms with Crippen molar-refractivity contribution in [1.29, 1.82) is 0 Å². The van der Waals surface area contributed by atoms with Crippen LogP contribution in [-0.4, -0.2) is 35.6 Å². The van der Waals surface area contributed by atoms with Gasteiger partial charge in [0.25, 0.3) is 11.5 Å². The van der Waals surface area contributed by atoms with E-state index in [0.29, 0.717) is 32.9 Å². The zero-order chi connectivity index (χ0) is 20.8. The number of para-hydroxylation sites is 1. The maximum absolute atomic E-state index is 12.6. The van der Waals surface area contributed by atoms with E-state index in [1.54, 1.807) is 32.2 Å². The number of amides is 1. The number of aromatic amines is 1. The number of H-pyrrole nitrogens is 1. The Morgan fingerprint density at radius 1 is 1.28 bits per heavy atom. The van der Waals surface area contributed by atoms with Gasteiger partial charge in [0, 0.05) is 5.69 Å². The second-order valence-corrected chi connectivity index (χ2v) is 6.86. The molecule has 2 N–H and O–H groups in total. The van der Waals surface area contributed by atoms with E-state index in [-0.39, 0.29) is 12.2 Å². The Balaban J connectivity index is 1.61. The number of nitrogens with zero attached hydrogens (tertiary/aromatic N) is 2. The molecule has 0 aliphatic rings. The summed E-state index contributed by atoms with van der Waals surface area (Å²) in [5, 5.41) is 6.85. The van der Waals surface area contributed by atoms with Crippen LogP contribution in [0.1, 0.15) is 11.3 Å². The quantitative estimate of drug-likeness (QED) is 0.420. The molecule has 0 atom stereocenters. The van der Waals surface area contributed by atoms with Gasteiger partial charge in [0.05, 0.1) is 29.0 Å². The lowest BCUT2D eigenvalue weighted by molar-refractivity contribution is -0.123. The second kappa shape index (κ2) is 9.24. The lowest BCUT2D eigenvalue weighted by Gasteiger charge is -2.08. The third kappa shape index (κ3) is 4.94. The molecule has 0 saturated heterocycles. The van der Waals surface area contributed by atoms with Crippen molar-refractivity contribution in [3.63, 3.8) is 0 Å². The Bertz CT molecular complexity index is 1090. The number of hydrogen-bond donors (Lipinski definition) is 2. The summed E-state index contributed by atoms with van der Waals surface area (Å²) in [7, 11) is 1.56. The minimum Gasteiger partial charge on any atom is -0.497 e. The van der Waals surface area contributed by atoms with Crippen molar-refractivity contribution in [3.05, 3.63) is 74.6 Å². The molecule has 0 bridgehead atoms. The molecule has 9 heteroatoms.